The third-order valence-electron chi connectivity index (χ3n) is 2.84. The van der Waals surface area contributed by atoms with Crippen molar-refractivity contribution in [3.05, 3.63) is 0 Å². The Bertz CT molecular complexity index is 136. The standard InChI is InChI=1S/C8H24N2Si2/c1-8(2)12(9-3,10-4)11(5,6)7/h8-10H,1-7H3. The maximum Gasteiger partial charge on any atom is 0.188 e. The summed E-state index contributed by atoms with van der Waals surface area (Å²) in [7, 11) is 1.76. The molecule has 0 aromatic rings. The summed E-state index contributed by atoms with van der Waals surface area (Å²) in [6, 6.07) is 0. The van der Waals surface area contributed by atoms with Gasteiger partial charge in [-0.05, 0) is 19.6 Å². The van der Waals surface area contributed by atoms with Crippen molar-refractivity contribution in [1.29, 1.82) is 0 Å². The summed E-state index contributed by atoms with van der Waals surface area (Å²) in [5.74, 6) is 0. The summed E-state index contributed by atoms with van der Waals surface area (Å²) in [6.07, 6.45) is 0. The van der Waals surface area contributed by atoms with Crippen molar-refractivity contribution >= 4 is 15.5 Å². The molecule has 0 atom stereocenters. The highest BCUT2D eigenvalue weighted by molar-refractivity contribution is 7.39. The van der Waals surface area contributed by atoms with Crippen LogP contribution in [0.5, 0.6) is 0 Å². The fourth-order valence-electron chi connectivity index (χ4n) is 2.32. The molecule has 0 aromatic carbocycles. The predicted molar refractivity (Wildman–Crippen MR) is 62.3 cm³/mol. The van der Waals surface area contributed by atoms with Gasteiger partial charge in [-0.2, -0.15) is 0 Å². The van der Waals surface area contributed by atoms with Crippen LogP contribution in [0.15, 0.2) is 0 Å². The summed E-state index contributed by atoms with van der Waals surface area (Å²) in [5.41, 5.74) is 0.763. The van der Waals surface area contributed by atoms with Crippen molar-refractivity contribution in [2.45, 2.75) is 39.0 Å². The Kier molecular flexibility index (Phi) is 4.16. The molecule has 12 heavy (non-hydrogen) atoms. The summed E-state index contributed by atoms with van der Waals surface area (Å²) in [4.78, 5) is 7.19. The van der Waals surface area contributed by atoms with Crippen LogP contribution in [0.25, 0.3) is 0 Å². The highest BCUT2D eigenvalue weighted by Crippen LogP contribution is 2.24. The fraction of sp³-hybridized carbons (Fsp3) is 1.00. The van der Waals surface area contributed by atoms with Crippen LogP contribution in [0.4, 0.5) is 0 Å². The Labute approximate surface area is 79.1 Å². The van der Waals surface area contributed by atoms with Gasteiger partial charge in [-0.1, -0.05) is 33.5 Å². The lowest BCUT2D eigenvalue weighted by atomic mass is 10.6. The molecule has 2 N–H and O–H groups in total. The summed E-state index contributed by atoms with van der Waals surface area (Å²) < 4.78 is 0. The van der Waals surface area contributed by atoms with Crippen molar-refractivity contribution in [3.8, 4) is 0 Å². The summed E-state index contributed by atoms with van der Waals surface area (Å²) in [6.45, 7) is 12.0. The highest BCUT2D eigenvalue weighted by atomic mass is 29.3. The van der Waals surface area contributed by atoms with Gasteiger partial charge < -0.3 is 9.96 Å². The van der Waals surface area contributed by atoms with Crippen LogP contribution >= 0.6 is 0 Å². The summed E-state index contributed by atoms with van der Waals surface area (Å²) in [5, 5.41) is 0. The first-order valence-electron chi connectivity index (χ1n) is 4.69. The molecule has 4 heteroatoms. The minimum atomic E-state index is -1.38. The van der Waals surface area contributed by atoms with E-state index in [1.807, 2.05) is 0 Å². The molecule has 0 aliphatic heterocycles. The van der Waals surface area contributed by atoms with Crippen LogP contribution in [0.2, 0.25) is 25.2 Å². The van der Waals surface area contributed by atoms with Gasteiger partial charge in [0, 0.05) is 0 Å². The van der Waals surface area contributed by atoms with E-state index in [1.54, 1.807) is 0 Å². The van der Waals surface area contributed by atoms with E-state index in [-0.39, 0.29) is 0 Å². The molecule has 0 unspecified atom stereocenters. The van der Waals surface area contributed by atoms with E-state index < -0.39 is 15.5 Å². The van der Waals surface area contributed by atoms with Crippen molar-refractivity contribution in [2.24, 2.45) is 0 Å². The molecule has 0 radical (unpaired) electrons. The average Bonchev–Trinajstić information content (AvgIpc) is 1.87. The van der Waals surface area contributed by atoms with Gasteiger partial charge in [0.1, 0.15) is 0 Å². The van der Waals surface area contributed by atoms with Crippen molar-refractivity contribution in [2.75, 3.05) is 14.1 Å². The first-order chi connectivity index (χ1) is 5.31. The first-order valence-corrected chi connectivity index (χ1v) is 11.3. The fourth-order valence-corrected chi connectivity index (χ4v) is 16.7. The predicted octanol–water partition coefficient (Wildman–Crippen LogP) is 1.69. The molecule has 0 fully saturated rings. The van der Waals surface area contributed by atoms with Crippen LogP contribution in [-0.2, 0) is 0 Å². The lowest BCUT2D eigenvalue weighted by Crippen LogP contribution is -2.76. The van der Waals surface area contributed by atoms with Gasteiger partial charge in [0.25, 0.3) is 0 Å². The monoisotopic (exact) mass is 204 g/mol. The second kappa shape index (κ2) is 4.04. The Morgan fingerprint density at radius 1 is 0.917 bits per heavy atom. The molecule has 0 aliphatic carbocycles. The van der Waals surface area contributed by atoms with Crippen LogP contribution in [-0.4, -0.2) is 29.6 Å². The third kappa shape index (κ3) is 1.99. The van der Waals surface area contributed by atoms with E-state index in [9.17, 15) is 0 Å². The van der Waals surface area contributed by atoms with E-state index >= 15 is 0 Å². The molecule has 2 nitrogen and oxygen atoms in total. The molecule has 0 saturated heterocycles. The van der Waals surface area contributed by atoms with Gasteiger partial charge in [-0.15, -0.1) is 0 Å². The largest absolute Gasteiger partial charge is 0.330 e. The van der Waals surface area contributed by atoms with Crippen LogP contribution in [0.1, 0.15) is 13.8 Å². The van der Waals surface area contributed by atoms with Crippen molar-refractivity contribution < 1.29 is 0 Å². The van der Waals surface area contributed by atoms with Gasteiger partial charge in [-0.25, -0.2) is 0 Å². The first kappa shape index (κ1) is 12.4. The average molecular weight is 204 g/mol. The van der Waals surface area contributed by atoms with Gasteiger partial charge in [0.15, 0.2) is 7.91 Å². The molecule has 0 aliphatic rings. The SMILES string of the molecule is CN[Si](NC)(C(C)C)[Si](C)(C)C. The minimum Gasteiger partial charge on any atom is -0.330 e. The molecule has 0 bridgehead atoms. The van der Waals surface area contributed by atoms with Crippen LogP contribution in [0, 0.1) is 0 Å². The van der Waals surface area contributed by atoms with Crippen LogP contribution < -0.4 is 9.96 Å². The van der Waals surface area contributed by atoms with Gasteiger partial charge in [-0.3, -0.25) is 0 Å². The number of rotatable bonds is 4. The lowest BCUT2D eigenvalue weighted by Gasteiger charge is -2.43. The molecule has 0 saturated carbocycles. The van der Waals surface area contributed by atoms with Gasteiger partial charge in [0.05, 0.1) is 7.59 Å². The van der Waals surface area contributed by atoms with Crippen molar-refractivity contribution in [1.82, 2.24) is 9.96 Å². The third-order valence-corrected chi connectivity index (χ3v) is 18.8. The number of hydrogen-bond donors (Lipinski definition) is 2. The zero-order valence-corrected chi connectivity index (χ0v) is 11.6. The van der Waals surface area contributed by atoms with E-state index in [4.69, 9.17) is 0 Å². The quantitative estimate of drug-likeness (QED) is 0.681. The molecule has 0 heterocycles. The highest BCUT2D eigenvalue weighted by Gasteiger charge is 2.46. The Balaban J connectivity index is 4.83. The normalized spacial score (nSPS) is 14.0. The maximum atomic E-state index is 3.59. The molecular weight excluding hydrogens is 180 g/mol. The summed E-state index contributed by atoms with van der Waals surface area (Å²) >= 11 is 0. The molecule has 0 amide bonds. The number of nitrogens with one attached hydrogen (secondary N) is 2. The Morgan fingerprint density at radius 2 is 1.25 bits per heavy atom. The second-order valence-electron chi connectivity index (χ2n) is 4.71. The van der Waals surface area contributed by atoms with Gasteiger partial charge in [0.2, 0.25) is 0 Å². The van der Waals surface area contributed by atoms with E-state index in [2.05, 4.69) is 57.5 Å². The van der Waals surface area contributed by atoms with E-state index in [0.717, 1.165) is 5.54 Å². The van der Waals surface area contributed by atoms with E-state index in [0.29, 0.717) is 0 Å². The lowest BCUT2D eigenvalue weighted by molar-refractivity contribution is 0.899. The smallest absolute Gasteiger partial charge is 0.188 e. The molecule has 74 valence electrons. The Morgan fingerprint density at radius 3 is 1.25 bits per heavy atom. The van der Waals surface area contributed by atoms with Crippen molar-refractivity contribution in [3.63, 3.8) is 0 Å². The van der Waals surface area contributed by atoms with E-state index in [1.165, 1.54) is 0 Å². The molecule has 0 aromatic heterocycles. The zero-order chi connectivity index (χ0) is 9.99. The molecular formula is C8H24N2Si2. The minimum absolute atomic E-state index is 0.763. The number of hydrogen-bond acceptors (Lipinski definition) is 2. The van der Waals surface area contributed by atoms with Crippen LogP contribution in [0.3, 0.4) is 0 Å². The molecule has 0 spiro atoms. The zero-order valence-electron chi connectivity index (χ0n) is 9.58. The topological polar surface area (TPSA) is 24.1 Å². The maximum absolute atomic E-state index is 3.59. The second-order valence-corrected chi connectivity index (χ2v) is 19.8. The molecule has 0 rings (SSSR count). The van der Waals surface area contributed by atoms with Gasteiger partial charge >= 0.3 is 0 Å². The Hall–Kier alpha value is 0.354.